The molecule has 2 aromatic rings. The van der Waals surface area contributed by atoms with E-state index >= 15 is 0 Å². The van der Waals surface area contributed by atoms with Crippen LogP contribution in [0.5, 0.6) is 5.75 Å². The highest BCUT2D eigenvalue weighted by Gasteiger charge is 2.22. The average molecular weight is 270 g/mol. The van der Waals surface area contributed by atoms with Gasteiger partial charge >= 0.3 is 0 Å². The van der Waals surface area contributed by atoms with Gasteiger partial charge in [-0.05, 0) is 38.9 Å². The van der Waals surface area contributed by atoms with E-state index in [1.807, 2.05) is 18.2 Å². The predicted octanol–water partition coefficient (Wildman–Crippen LogP) is 3.44. The number of likely N-dealkylation sites (tertiary alicyclic amines) is 1. The Morgan fingerprint density at radius 1 is 1.15 bits per heavy atom. The first-order valence-corrected chi connectivity index (χ1v) is 7.32. The van der Waals surface area contributed by atoms with Crippen LogP contribution in [0, 0.1) is 0 Å². The third-order valence-electron chi connectivity index (χ3n) is 4.47. The van der Waals surface area contributed by atoms with Crippen molar-refractivity contribution in [2.75, 3.05) is 18.9 Å². The molecule has 0 saturated carbocycles. The van der Waals surface area contributed by atoms with Crippen LogP contribution < -0.4 is 5.32 Å². The fourth-order valence-corrected chi connectivity index (χ4v) is 3.06. The van der Waals surface area contributed by atoms with Crippen molar-refractivity contribution in [3.05, 3.63) is 36.4 Å². The second kappa shape index (κ2) is 5.33. The predicted molar refractivity (Wildman–Crippen MR) is 84.3 cm³/mol. The lowest BCUT2D eigenvalue weighted by Crippen LogP contribution is -2.42. The summed E-state index contributed by atoms with van der Waals surface area (Å²) in [5.74, 6) is 0.350. The number of hydrogen-bond donors (Lipinski definition) is 2. The first-order chi connectivity index (χ1) is 9.65. The molecular formula is C17H22N2O. The van der Waals surface area contributed by atoms with Crippen molar-refractivity contribution in [2.45, 2.75) is 31.8 Å². The minimum absolute atomic E-state index is 0.350. The standard InChI is InChI=1S/C17H22N2O/c1-12-11-13(9-10-19(12)2)18-16-7-3-6-15-14(16)5-4-8-17(15)20/h3-8,12-13,18,20H,9-11H2,1-2H3. The van der Waals surface area contributed by atoms with E-state index in [4.69, 9.17) is 0 Å². The average Bonchev–Trinajstić information content (AvgIpc) is 2.44. The third kappa shape index (κ3) is 2.46. The highest BCUT2D eigenvalue weighted by atomic mass is 16.3. The monoisotopic (exact) mass is 270 g/mol. The van der Waals surface area contributed by atoms with E-state index in [1.165, 1.54) is 0 Å². The summed E-state index contributed by atoms with van der Waals surface area (Å²) in [4.78, 5) is 2.41. The second-order valence-corrected chi connectivity index (χ2v) is 5.87. The number of anilines is 1. The van der Waals surface area contributed by atoms with Gasteiger partial charge in [-0.25, -0.2) is 0 Å². The zero-order valence-corrected chi connectivity index (χ0v) is 12.1. The van der Waals surface area contributed by atoms with Gasteiger partial charge in [0.05, 0.1) is 0 Å². The van der Waals surface area contributed by atoms with Gasteiger partial charge in [-0.1, -0.05) is 24.3 Å². The Hall–Kier alpha value is -1.74. The molecule has 3 nitrogen and oxygen atoms in total. The quantitative estimate of drug-likeness (QED) is 0.877. The molecule has 2 aromatic carbocycles. The normalized spacial score (nSPS) is 23.9. The topological polar surface area (TPSA) is 35.5 Å². The maximum atomic E-state index is 9.94. The van der Waals surface area contributed by atoms with Crippen molar-refractivity contribution in [1.29, 1.82) is 0 Å². The molecule has 1 fully saturated rings. The van der Waals surface area contributed by atoms with Gasteiger partial charge in [0.15, 0.2) is 0 Å². The number of fused-ring (bicyclic) bond motifs is 1. The van der Waals surface area contributed by atoms with Crippen molar-refractivity contribution < 1.29 is 5.11 Å². The molecule has 0 aliphatic carbocycles. The van der Waals surface area contributed by atoms with E-state index in [-0.39, 0.29) is 0 Å². The Bertz CT molecular complexity index is 611. The number of aromatic hydroxyl groups is 1. The van der Waals surface area contributed by atoms with Crippen LogP contribution in [0.3, 0.4) is 0 Å². The molecule has 0 aromatic heterocycles. The lowest BCUT2D eigenvalue weighted by molar-refractivity contribution is 0.190. The van der Waals surface area contributed by atoms with Crippen LogP contribution >= 0.6 is 0 Å². The van der Waals surface area contributed by atoms with Crippen LogP contribution in [-0.2, 0) is 0 Å². The van der Waals surface area contributed by atoms with Gasteiger partial charge in [0.2, 0.25) is 0 Å². The van der Waals surface area contributed by atoms with Crippen molar-refractivity contribution in [3.63, 3.8) is 0 Å². The van der Waals surface area contributed by atoms with E-state index in [9.17, 15) is 5.11 Å². The van der Waals surface area contributed by atoms with Crippen LogP contribution in [0.15, 0.2) is 36.4 Å². The summed E-state index contributed by atoms with van der Waals surface area (Å²) in [6, 6.07) is 12.9. The largest absolute Gasteiger partial charge is 0.507 e. The summed E-state index contributed by atoms with van der Waals surface area (Å²) in [7, 11) is 2.19. The lowest BCUT2D eigenvalue weighted by atomic mass is 9.98. The highest BCUT2D eigenvalue weighted by molar-refractivity contribution is 5.97. The Morgan fingerprint density at radius 3 is 2.70 bits per heavy atom. The van der Waals surface area contributed by atoms with Crippen molar-refractivity contribution in [2.24, 2.45) is 0 Å². The van der Waals surface area contributed by atoms with E-state index in [0.717, 1.165) is 35.8 Å². The summed E-state index contributed by atoms with van der Waals surface area (Å²) in [6.07, 6.45) is 2.32. The molecule has 0 radical (unpaired) electrons. The molecular weight excluding hydrogens is 248 g/mol. The Morgan fingerprint density at radius 2 is 1.90 bits per heavy atom. The number of hydrogen-bond acceptors (Lipinski definition) is 3. The molecule has 1 aliphatic heterocycles. The van der Waals surface area contributed by atoms with Crippen LogP contribution in [0.4, 0.5) is 5.69 Å². The summed E-state index contributed by atoms with van der Waals surface area (Å²) in [5, 5.41) is 15.6. The molecule has 0 bridgehead atoms. The summed E-state index contributed by atoms with van der Waals surface area (Å²) < 4.78 is 0. The zero-order chi connectivity index (χ0) is 14.1. The van der Waals surface area contributed by atoms with E-state index in [1.54, 1.807) is 6.07 Å². The minimum Gasteiger partial charge on any atom is -0.507 e. The third-order valence-corrected chi connectivity index (χ3v) is 4.47. The molecule has 0 spiro atoms. The molecule has 2 N–H and O–H groups in total. The number of phenols is 1. The van der Waals surface area contributed by atoms with Crippen LogP contribution in [0.2, 0.25) is 0 Å². The summed E-state index contributed by atoms with van der Waals surface area (Å²) in [6.45, 7) is 3.41. The Balaban J connectivity index is 1.86. The zero-order valence-electron chi connectivity index (χ0n) is 12.1. The summed E-state index contributed by atoms with van der Waals surface area (Å²) in [5.41, 5.74) is 1.13. The van der Waals surface area contributed by atoms with Gasteiger partial charge in [-0.2, -0.15) is 0 Å². The molecule has 3 rings (SSSR count). The van der Waals surface area contributed by atoms with Gasteiger partial charge in [-0.3, -0.25) is 0 Å². The summed E-state index contributed by atoms with van der Waals surface area (Å²) >= 11 is 0. The molecule has 1 heterocycles. The molecule has 2 unspecified atom stereocenters. The van der Waals surface area contributed by atoms with Crippen molar-refractivity contribution in [3.8, 4) is 5.75 Å². The number of piperidine rings is 1. The maximum absolute atomic E-state index is 9.94. The van der Waals surface area contributed by atoms with Gasteiger partial charge in [0.25, 0.3) is 0 Å². The Kier molecular flexibility index (Phi) is 3.53. The molecule has 1 saturated heterocycles. The van der Waals surface area contributed by atoms with Crippen molar-refractivity contribution in [1.82, 2.24) is 4.90 Å². The number of benzene rings is 2. The van der Waals surface area contributed by atoms with Crippen LogP contribution in [0.1, 0.15) is 19.8 Å². The Labute approximate surface area is 120 Å². The van der Waals surface area contributed by atoms with E-state index in [0.29, 0.717) is 17.8 Å². The number of phenolic OH excluding ortho intramolecular Hbond substituents is 1. The van der Waals surface area contributed by atoms with Gasteiger partial charge in [-0.15, -0.1) is 0 Å². The van der Waals surface area contributed by atoms with E-state index < -0.39 is 0 Å². The van der Waals surface area contributed by atoms with Crippen molar-refractivity contribution >= 4 is 16.5 Å². The maximum Gasteiger partial charge on any atom is 0.123 e. The molecule has 3 heteroatoms. The van der Waals surface area contributed by atoms with Gasteiger partial charge < -0.3 is 15.3 Å². The first kappa shape index (κ1) is 13.3. The SMILES string of the molecule is CC1CC(Nc2cccc3c(O)cccc23)CCN1C. The van der Waals surface area contributed by atoms with Crippen LogP contribution in [0.25, 0.3) is 10.8 Å². The molecule has 1 aliphatic rings. The molecule has 0 amide bonds. The fourth-order valence-electron chi connectivity index (χ4n) is 3.06. The molecule has 20 heavy (non-hydrogen) atoms. The second-order valence-electron chi connectivity index (χ2n) is 5.87. The fraction of sp³-hybridized carbons (Fsp3) is 0.412. The van der Waals surface area contributed by atoms with Gasteiger partial charge in [0, 0.05) is 35.1 Å². The minimum atomic E-state index is 0.350. The number of rotatable bonds is 2. The first-order valence-electron chi connectivity index (χ1n) is 7.32. The molecule has 106 valence electrons. The number of nitrogens with zero attached hydrogens (tertiary/aromatic N) is 1. The van der Waals surface area contributed by atoms with Crippen LogP contribution in [-0.4, -0.2) is 35.7 Å². The van der Waals surface area contributed by atoms with E-state index in [2.05, 4.69) is 36.3 Å². The molecule has 2 atom stereocenters. The smallest absolute Gasteiger partial charge is 0.123 e. The lowest BCUT2D eigenvalue weighted by Gasteiger charge is -2.36. The number of nitrogens with one attached hydrogen (secondary N) is 1. The van der Waals surface area contributed by atoms with Gasteiger partial charge in [0.1, 0.15) is 5.75 Å². The highest BCUT2D eigenvalue weighted by Crippen LogP contribution is 2.31.